The van der Waals surface area contributed by atoms with Crippen molar-refractivity contribution in [1.82, 2.24) is 24.7 Å². The minimum absolute atomic E-state index is 0.705. The van der Waals surface area contributed by atoms with Crippen LogP contribution in [0.3, 0.4) is 0 Å². The van der Waals surface area contributed by atoms with Crippen LogP contribution >= 0.6 is 0 Å². The average Bonchev–Trinajstić information content (AvgIpc) is 3.06. The SMILES string of the molecule is CCn1nc(C)cc1-c1ncc2c(n1)[nH]c1ccccc12. The number of hydrogen-bond donors (Lipinski definition) is 1. The molecule has 0 saturated carbocycles. The highest BCUT2D eigenvalue weighted by Crippen LogP contribution is 2.25. The summed E-state index contributed by atoms with van der Waals surface area (Å²) in [4.78, 5) is 12.6. The molecule has 21 heavy (non-hydrogen) atoms. The van der Waals surface area contributed by atoms with Crippen molar-refractivity contribution in [2.24, 2.45) is 0 Å². The minimum atomic E-state index is 0.705. The average molecular weight is 277 g/mol. The summed E-state index contributed by atoms with van der Waals surface area (Å²) in [5, 5.41) is 6.66. The zero-order valence-electron chi connectivity index (χ0n) is 12.0. The Morgan fingerprint density at radius 1 is 1.19 bits per heavy atom. The zero-order valence-corrected chi connectivity index (χ0v) is 12.0. The Morgan fingerprint density at radius 2 is 2.05 bits per heavy atom. The first-order chi connectivity index (χ1) is 10.3. The van der Waals surface area contributed by atoms with Gasteiger partial charge in [0.05, 0.1) is 5.69 Å². The molecule has 0 unspecified atom stereocenters. The van der Waals surface area contributed by atoms with Crippen LogP contribution in [-0.4, -0.2) is 24.7 Å². The van der Waals surface area contributed by atoms with Crippen LogP contribution in [0.1, 0.15) is 12.6 Å². The number of nitrogens with zero attached hydrogens (tertiary/aromatic N) is 4. The number of benzene rings is 1. The van der Waals surface area contributed by atoms with Gasteiger partial charge in [-0.3, -0.25) is 4.68 Å². The van der Waals surface area contributed by atoms with Gasteiger partial charge in [-0.25, -0.2) is 9.97 Å². The van der Waals surface area contributed by atoms with E-state index in [0.29, 0.717) is 5.82 Å². The van der Waals surface area contributed by atoms with Crippen LogP contribution in [0.5, 0.6) is 0 Å². The predicted molar refractivity (Wildman–Crippen MR) is 83.0 cm³/mol. The summed E-state index contributed by atoms with van der Waals surface area (Å²) in [6.07, 6.45) is 1.89. The zero-order chi connectivity index (χ0) is 14.4. The Kier molecular flexibility index (Phi) is 2.54. The molecule has 0 saturated heterocycles. The molecule has 0 aliphatic rings. The third kappa shape index (κ3) is 1.81. The number of aryl methyl sites for hydroxylation is 2. The maximum absolute atomic E-state index is 4.68. The van der Waals surface area contributed by atoms with Crippen molar-refractivity contribution in [1.29, 1.82) is 0 Å². The van der Waals surface area contributed by atoms with E-state index in [0.717, 1.165) is 39.9 Å². The monoisotopic (exact) mass is 277 g/mol. The topological polar surface area (TPSA) is 59.4 Å². The number of fused-ring (bicyclic) bond motifs is 3. The van der Waals surface area contributed by atoms with Crippen molar-refractivity contribution in [2.75, 3.05) is 0 Å². The highest BCUT2D eigenvalue weighted by Gasteiger charge is 2.12. The molecule has 0 aliphatic carbocycles. The van der Waals surface area contributed by atoms with Gasteiger partial charge in [0.2, 0.25) is 0 Å². The third-order valence-electron chi connectivity index (χ3n) is 3.69. The molecule has 0 radical (unpaired) electrons. The van der Waals surface area contributed by atoms with Crippen LogP contribution in [0.2, 0.25) is 0 Å². The van der Waals surface area contributed by atoms with Crippen molar-refractivity contribution in [3.63, 3.8) is 0 Å². The highest BCUT2D eigenvalue weighted by atomic mass is 15.3. The van der Waals surface area contributed by atoms with E-state index >= 15 is 0 Å². The predicted octanol–water partition coefficient (Wildman–Crippen LogP) is 3.30. The number of para-hydroxylation sites is 1. The molecule has 104 valence electrons. The van der Waals surface area contributed by atoms with Gasteiger partial charge in [-0.15, -0.1) is 0 Å². The van der Waals surface area contributed by atoms with Crippen LogP contribution in [0.4, 0.5) is 0 Å². The van der Waals surface area contributed by atoms with E-state index in [9.17, 15) is 0 Å². The Morgan fingerprint density at radius 3 is 2.90 bits per heavy atom. The lowest BCUT2D eigenvalue weighted by molar-refractivity contribution is 0.657. The van der Waals surface area contributed by atoms with Gasteiger partial charge in [-0.1, -0.05) is 18.2 Å². The largest absolute Gasteiger partial charge is 0.339 e. The van der Waals surface area contributed by atoms with Crippen molar-refractivity contribution in [3.05, 3.63) is 42.2 Å². The van der Waals surface area contributed by atoms with Crippen molar-refractivity contribution in [2.45, 2.75) is 20.4 Å². The molecule has 1 aromatic carbocycles. The second-order valence-electron chi connectivity index (χ2n) is 5.11. The summed E-state index contributed by atoms with van der Waals surface area (Å²) in [5.41, 5.74) is 3.88. The molecule has 0 atom stereocenters. The first-order valence-corrected chi connectivity index (χ1v) is 7.04. The third-order valence-corrected chi connectivity index (χ3v) is 3.69. The van der Waals surface area contributed by atoms with Crippen LogP contribution in [-0.2, 0) is 6.54 Å². The minimum Gasteiger partial charge on any atom is -0.339 e. The van der Waals surface area contributed by atoms with Crippen LogP contribution < -0.4 is 0 Å². The Hall–Kier alpha value is -2.69. The lowest BCUT2D eigenvalue weighted by Crippen LogP contribution is -2.01. The lowest BCUT2D eigenvalue weighted by Gasteiger charge is -2.02. The molecule has 4 rings (SSSR count). The number of aromatic nitrogens is 5. The van der Waals surface area contributed by atoms with E-state index in [2.05, 4.69) is 39.1 Å². The van der Waals surface area contributed by atoms with Gasteiger partial charge in [-0.05, 0) is 26.0 Å². The van der Waals surface area contributed by atoms with E-state index < -0.39 is 0 Å². The molecular formula is C16H15N5. The van der Waals surface area contributed by atoms with Crippen molar-refractivity contribution >= 4 is 21.9 Å². The molecule has 0 spiro atoms. The van der Waals surface area contributed by atoms with Gasteiger partial charge < -0.3 is 4.98 Å². The Bertz CT molecular complexity index is 948. The van der Waals surface area contributed by atoms with Gasteiger partial charge in [0, 0.05) is 29.0 Å². The first kappa shape index (κ1) is 12.1. The molecule has 1 N–H and O–H groups in total. The molecule has 0 bridgehead atoms. The van der Waals surface area contributed by atoms with Crippen LogP contribution in [0.25, 0.3) is 33.5 Å². The fourth-order valence-electron chi connectivity index (χ4n) is 2.72. The maximum Gasteiger partial charge on any atom is 0.179 e. The molecule has 5 nitrogen and oxygen atoms in total. The van der Waals surface area contributed by atoms with E-state index in [1.807, 2.05) is 36.0 Å². The van der Waals surface area contributed by atoms with E-state index in [4.69, 9.17) is 0 Å². The Balaban J connectivity index is 1.96. The fourth-order valence-corrected chi connectivity index (χ4v) is 2.72. The molecule has 3 heterocycles. The number of H-pyrrole nitrogens is 1. The quantitative estimate of drug-likeness (QED) is 0.611. The number of aromatic amines is 1. The van der Waals surface area contributed by atoms with Crippen LogP contribution in [0.15, 0.2) is 36.5 Å². The standard InChI is InChI=1S/C16H15N5/c1-3-21-14(8-10(2)20-21)16-17-9-12-11-6-4-5-7-13(11)18-15(12)19-16/h4-9H,3H2,1-2H3,(H,17,18,19). The second kappa shape index (κ2) is 4.41. The smallest absolute Gasteiger partial charge is 0.179 e. The summed E-state index contributed by atoms with van der Waals surface area (Å²) >= 11 is 0. The summed E-state index contributed by atoms with van der Waals surface area (Å²) in [6, 6.07) is 10.2. The van der Waals surface area contributed by atoms with Gasteiger partial charge in [0.15, 0.2) is 5.82 Å². The summed E-state index contributed by atoms with van der Waals surface area (Å²) in [6.45, 7) is 4.85. The molecule has 0 aliphatic heterocycles. The molecule has 3 aromatic heterocycles. The van der Waals surface area contributed by atoms with Crippen molar-refractivity contribution < 1.29 is 0 Å². The summed E-state index contributed by atoms with van der Waals surface area (Å²) in [5.74, 6) is 0.705. The van der Waals surface area contributed by atoms with E-state index in [1.165, 1.54) is 0 Å². The number of nitrogens with one attached hydrogen (secondary N) is 1. The maximum atomic E-state index is 4.68. The van der Waals surface area contributed by atoms with Gasteiger partial charge in [0.1, 0.15) is 11.3 Å². The normalized spacial score (nSPS) is 11.5. The molecule has 0 fully saturated rings. The summed E-state index contributed by atoms with van der Waals surface area (Å²) < 4.78 is 1.93. The molecular weight excluding hydrogens is 262 g/mol. The highest BCUT2D eigenvalue weighted by molar-refractivity contribution is 6.05. The number of hydrogen-bond acceptors (Lipinski definition) is 3. The van der Waals surface area contributed by atoms with Crippen LogP contribution in [0, 0.1) is 6.92 Å². The fraction of sp³-hybridized carbons (Fsp3) is 0.188. The van der Waals surface area contributed by atoms with Gasteiger partial charge in [0.25, 0.3) is 0 Å². The van der Waals surface area contributed by atoms with Crippen molar-refractivity contribution in [3.8, 4) is 11.5 Å². The second-order valence-corrected chi connectivity index (χ2v) is 5.11. The molecule has 4 aromatic rings. The number of rotatable bonds is 2. The first-order valence-electron chi connectivity index (χ1n) is 7.04. The van der Waals surface area contributed by atoms with E-state index in [-0.39, 0.29) is 0 Å². The summed E-state index contributed by atoms with van der Waals surface area (Å²) in [7, 11) is 0. The van der Waals surface area contributed by atoms with Gasteiger partial charge in [-0.2, -0.15) is 5.10 Å². The molecule has 0 amide bonds. The molecule has 5 heteroatoms. The lowest BCUT2D eigenvalue weighted by atomic mass is 10.2. The van der Waals surface area contributed by atoms with Gasteiger partial charge >= 0.3 is 0 Å². The Labute approximate surface area is 121 Å². The van der Waals surface area contributed by atoms with E-state index in [1.54, 1.807) is 0 Å².